The highest BCUT2D eigenvalue weighted by Crippen LogP contribution is 2.07. The molecule has 0 saturated heterocycles. The van der Waals surface area contributed by atoms with Crippen molar-refractivity contribution in [3.63, 3.8) is 0 Å². The number of Topliss-reactive ketones (excluding diaryl/α,β-unsaturated/α-hetero) is 2. The number of rotatable bonds is 14. The fourth-order valence-corrected chi connectivity index (χ4v) is 1.95. The summed E-state index contributed by atoms with van der Waals surface area (Å²) in [4.78, 5) is 22.8. The zero-order valence-electron chi connectivity index (χ0n) is 12.9. The van der Waals surface area contributed by atoms with Crippen LogP contribution in [0.4, 0.5) is 0 Å². The Morgan fingerprint density at radius 1 is 0.900 bits per heavy atom. The molecule has 0 amide bonds. The second-order valence-corrected chi connectivity index (χ2v) is 5.20. The summed E-state index contributed by atoms with van der Waals surface area (Å²) in [5.41, 5.74) is 5.31. The minimum atomic E-state index is -0.107. The van der Waals surface area contributed by atoms with Crippen LogP contribution in [0.2, 0.25) is 0 Å². The van der Waals surface area contributed by atoms with E-state index in [1.54, 1.807) is 0 Å². The van der Waals surface area contributed by atoms with E-state index in [1.807, 2.05) is 6.08 Å². The maximum atomic E-state index is 11.5. The molecule has 0 aromatic heterocycles. The summed E-state index contributed by atoms with van der Waals surface area (Å²) in [6, 6.07) is 0. The zero-order valence-corrected chi connectivity index (χ0v) is 12.9. The van der Waals surface area contributed by atoms with Gasteiger partial charge in [-0.1, -0.05) is 51.2 Å². The van der Waals surface area contributed by atoms with Crippen LogP contribution in [0.15, 0.2) is 12.2 Å². The van der Waals surface area contributed by atoms with Gasteiger partial charge in [-0.25, -0.2) is 0 Å². The minimum Gasteiger partial charge on any atom is -0.330 e. The predicted octanol–water partition coefficient (Wildman–Crippen LogP) is 3.76. The Morgan fingerprint density at radius 3 is 2.30 bits per heavy atom. The Balaban J connectivity index is 3.45. The molecule has 0 aliphatic heterocycles. The first-order valence-corrected chi connectivity index (χ1v) is 7.96. The average Bonchev–Trinajstić information content (AvgIpc) is 2.43. The second-order valence-electron chi connectivity index (χ2n) is 5.20. The molecule has 1 radical (unpaired) electrons. The van der Waals surface area contributed by atoms with Crippen molar-refractivity contribution in [3.8, 4) is 0 Å². The van der Waals surface area contributed by atoms with E-state index in [0.717, 1.165) is 6.42 Å². The summed E-state index contributed by atoms with van der Waals surface area (Å²) in [5, 5.41) is 0. The number of ketones is 2. The predicted molar refractivity (Wildman–Crippen MR) is 84.4 cm³/mol. The summed E-state index contributed by atoms with van der Waals surface area (Å²) in [6.07, 6.45) is 15.2. The van der Waals surface area contributed by atoms with E-state index in [4.69, 9.17) is 5.73 Å². The van der Waals surface area contributed by atoms with Crippen molar-refractivity contribution in [3.05, 3.63) is 18.6 Å². The lowest BCUT2D eigenvalue weighted by Gasteiger charge is -1.98. The van der Waals surface area contributed by atoms with Crippen molar-refractivity contribution in [2.24, 2.45) is 5.73 Å². The zero-order chi connectivity index (χ0) is 15.1. The van der Waals surface area contributed by atoms with Gasteiger partial charge in [0.2, 0.25) is 0 Å². The van der Waals surface area contributed by atoms with Crippen LogP contribution in [-0.4, -0.2) is 18.1 Å². The van der Waals surface area contributed by atoms with Gasteiger partial charge in [-0.05, 0) is 25.8 Å². The normalized spacial score (nSPS) is 11.1. The quantitative estimate of drug-likeness (QED) is 0.299. The van der Waals surface area contributed by atoms with Gasteiger partial charge in [-0.2, -0.15) is 0 Å². The molecule has 0 aromatic rings. The van der Waals surface area contributed by atoms with Gasteiger partial charge in [-0.3, -0.25) is 9.59 Å². The highest BCUT2D eigenvalue weighted by Gasteiger charge is 2.07. The Hall–Kier alpha value is -0.960. The molecule has 115 valence electrons. The number of allylic oxidation sites excluding steroid dienone is 2. The molecule has 0 saturated carbocycles. The smallest absolute Gasteiger partial charge is 0.148 e. The molecule has 2 N–H and O–H groups in total. The Kier molecular flexibility index (Phi) is 13.8. The maximum Gasteiger partial charge on any atom is 0.148 e. The third kappa shape index (κ3) is 13.5. The van der Waals surface area contributed by atoms with E-state index < -0.39 is 0 Å². The topological polar surface area (TPSA) is 60.2 Å². The largest absolute Gasteiger partial charge is 0.330 e. The van der Waals surface area contributed by atoms with Gasteiger partial charge in [0.05, 0.1) is 6.42 Å². The number of carbonyl (C=O) groups is 2. The number of hydrogen-bond acceptors (Lipinski definition) is 3. The van der Waals surface area contributed by atoms with Crippen LogP contribution >= 0.6 is 0 Å². The van der Waals surface area contributed by atoms with Gasteiger partial charge in [0.15, 0.2) is 0 Å². The van der Waals surface area contributed by atoms with Crippen LogP contribution in [-0.2, 0) is 9.59 Å². The van der Waals surface area contributed by atoms with Crippen molar-refractivity contribution in [1.29, 1.82) is 0 Å². The summed E-state index contributed by atoms with van der Waals surface area (Å²) in [5.74, 6) is -0.212. The molecule has 3 nitrogen and oxygen atoms in total. The first-order chi connectivity index (χ1) is 9.70. The lowest BCUT2D eigenvalue weighted by molar-refractivity contribution is -0.121. The number of nitrogens with two attached hydrogens (primary N) is 1. The molecule has 0 aliphatic carbocycles. The first kappa shape index (κ1) is 19.0. The van der Waals surface area contributed by atoms with E-state index >= 15 is 0 Å². The molecular weight excluding hydrogens is 250 g/mol. The molecule has 0 spiro atoms. The first-order valence-electron chi connectivity index (χ1n) is 7.96. The van der Waals surface area contributed by atoms with Gasteiger partial charge in [0.25, 0.3) is 0 Å². The molecule has 0 rings (SSSR count). The SMILES string of the molecule is CCCCCCCC/C=C\CC(=O)[CH]C(=O)CCCN. The van der Waals surface area contributed by atoms with Crippen LogP contribution in [0.5, 0.6) is 0 Å². The fraction of sp³-hybridized carbons (Fsp3) is 0.706. The summed E-state index contributed by atoms with van der Waals surface area (Å²) in [6.45, 7) is 2.71. The van der Waals surface area contributed by atoms with Crippen LogP contribution in [0.1, 0.15) is 71.1 Å². The van der Waals surface area contributed by atoms with E-state index in [0.29, 0.717) is 25.8 Å². The third-order valence-electron chi connectivity index (χ3n) is 3.16. The molecule has 0 heterocycles. The average molecular weight is 280 g/mol. The van der Waals surface area contributed by atoms with Crippen LogP contribution in [0.25, 0.3) is 0 Å². The van der Waals surface area contributed by atoms with Gasteiger partial charge in [-0.15, -0.1) is 0 Å². The molecule has 0 bridgehead atoms. The minimum absolute atomic E-state index is 0.105. The standard InChI is InChI=1S/C17H30NO2/c1-2-3-4-5-6-7-8-9-10-12-16(19)15-17(20)13-11-14-18/h9-10,15H,2-8,11-14,18H2,1H3/b10-9-. The highest BCUT2D eigenvalue weighted by molar-refractivity contribution is 6.10. The number of unbranched alkanes of at least 4 members (excludes halogenated alkanes) is 6. The summed E-state index contributed by atoms with van der Waals surface area (Å²) < 4.78 is 0. The van der Waals surface area contributed by atoms with E-state index in [2.05, 4.69) is 13.0 Å². The van der Waals surface area contributed by atoms with Gasteiger partial charge in [0, 0.05) is 12.8 Å². The van der Waals surface area contributed by atoms with Gasteiger partial charge < -0.3 is 5.73 Å². The van der Waals surface area contributed by atoms with Crippen molar-refractivity contribution < 1.29 is 9.59 Å². The van der Waals surface area contributed by atoms with E-state index in [-0.39, 0.29) is 11.6 Å². The van der Waals surface area contributed by atoms with Crippen molar-refractivity contribution in [2.45, 2.75) is 71.1 Å². The fourth-order valence-electron chi connectivity index (χ4n) is 1.95. The lowest BCUT2D eigenvalue weighted by atomic mass is 10.1. The Morgan fingerprint density at radius 2 is 1.60 bits per heavy atom. The van der Waals surface area contributed by atoms with Crippen molar-refractivity contribution in [1.82, 2.24) is 0 Å². The Bertz CT molecular complexity index is 285. The van der Waals surface area contributed by atoms with Gasteiger partial charge >= 0.3 is 0 Å². The maximum absolute atomic E-state index is 11.5. The highest BCUT2D eigenvalue weighted by atomic mass is 16.1. The molecule has 0 unspecified atom stereocenters. The summed E-state index contributed by atoms with van der Waals surface area (Å²) in [7, 11) is 0. The molecular formula is C17H30NO2. The van der Waals surface area contributed by atoms with Crippen molar-refractivity contribution in [2.75, 3.05) is 6.54 Å². The monoisotopic (exact) mass is 280 g/mol. The number of carbonyl (C=O) groups excluding carboxylic acids is 2. The third-order valence-corrected chi connectivity index (χ3v) is 3.16. The van der Waals surface area contributed by atoms with E-state index in [9.17, 15) is 9.59 Å². The van der Waals surface area contributed by atoms with Crippen molar-refractivity contribution >= 4 is 11.6 Å². The molecule has 0 fully saturated rings. The second kappa shape index (κ2) is 14.4. The molecule has 0 atom stereocenters. The van der Waals surface area contributed by atoms with Crippen LogP contribution in [0.3, 0.4) is 0 Å². The van der Waals surface area contributed by atoms with Crippen LogP contribution < -0.4 is 5.73 Å². The number of hydrogen-bond donors (Lipinski definition) is 1. The lowest BCUT2D eigenvalue weighted by Crippen LogP contribution is -2.10. The summed E-state index contributed by atoms with van der Waals surface area (Å²) >= 11 is 0. The molecule has 0 aliphatic rings. The molecule has 3 heteroatoms. The van der Waals surface area contributed by atoms with Gasteiger partial charge in [0.1, 0.15) is 11.6 Å². The van der Waals surface area contributed by atoms with E-state index in [1.165, 1.54) is 44.9 Å². The Labute approximate surface area is 124 Å². The van der Waals surface area contributed by atoms with Crippen LogP contribution in [0, 0.1) is 6.42 Å². The molecule has 0 aromatic carbocycles. The molecule has 20 heavy (non-hydrogen) atoms.